The quantitative estimate of drug-likeness (QED) is 0.625. The van der Waals surface area contributed by atoms with Crippen LogP contribution in [0.3, 0.4) is 0 Å². The summed E-state index contributed by atoms with van der Waals surface area (Å²) in [5.41, 5.74) is 0. The molecule has 2 heteroatoms. The van der Waals surface area contributed by atoms with Gasteiger partial charge in [0.25, 0.3) is 0 Å². The Morgan fingerprint density at radius 2 is 1.47 bits per heavy atom. The highest BCUT2D eigenvalue weighted by Crippen LogP contribution is 2.51. The Labute approximate surface area is 92.0 Å². The van der Waals surface area contributed by atoms with Crippen LogP contribution >= 0.6 is 0 Å². The summed E-state index contributed by atoms with van der Waals surface area (Å²) in [6.45, 7) is 8.87. The normalized spacial score (nSPS) is 37.6. The van der Waals surface area contributed by atoms with Crippen molar-refractivity contribution < 1.29 is 9.47 Å². The van der Waals surface area contributed by atoms with Gasteiger partial charge in [-0.05, 0) is 42.9 Å². The third-order valence-electron chi connectivity index (χ3n) is 3.94. The van der Waals surface area contributed by atoms with Gasteiger partial charge in [0.15, 0.2) is 0 Å². The van der Waals surface area contributed by atoms with E-state index in [-0.39, 0.29) is 0 Å². The van der Waals surface area contributed by atoms with Crippen LogP contribution in [-0.4, -0.2) is 13.2 Å². The van der Waals surface area contributed by atoms with Gasteiger partial charge in [-0.2, -0.15) is 0 Å². The second-order valence-corrected chi connectivity index (χ2v) is 4.76. The van der Waals surface area contributed by atoms with Crippen LogP contribution < -0.4 is 0 Å². The molecule has 2 rings (SSSR count). The third-order valence-corrected chi connectivity index (χ3v) is 3.94. The lowest BCUT2D eigenvalue weighted by Gasteiger charge is -2.28. The Bertz CT molecular complexity index is 215. The van der Waals surface area contributed by atoms with E-state index in [1.165, 1.54) is 19.3 Å². The van der Waals surface area contributed by atoms with Crippen molar-refractivity contribution in [3.63, 3.8) is 0 Å². The highest BCUT2D eigenvalue weighted by Gasteiger charge is 2.46. The highest BCUT2D eigenvalue weighted by atomic mass is 16.5. The van der Waals surface area contributed by atoms with E-state index in [4.69, 9.17) is 9.47 Å². The third kappa shape index (κ3) is 2.19. The second kappa shape index (κ2) is 4.73. The number of rotatable bonds is 6. The molecule has 0 aromatic carbocycles. The predicted molar refractivity (Wildman–Crippen MR) is 60.1 cm³/mol. The second-order valence-electron chi connectivity index (χ2n) is 4.76. The first-order valence-corrected chi connectivity index (χ1v) is 5.80. The standard InChI is InChI=1S/C13H20O2/c1-3-14-8-11-5-10-6-12(9-15-4-2)13(11)7-10/h3-4,10-13H,1-2,5-9H2. The largest absolute Gasteiger partial charge is 0.502 e. The lowest BCUT2D eigenvalue weighted by Crippen LogP contribution is -2.26. The Hall–Kier alpha value is -0.920. The maximum absolute atomic E-state index is 5.33. The molecule has 2 bridgehead atoms. The van der Waals surface area contributed by atoms with Gasteiger partial charge in [0.2, 0.25) is 0 Å². The first kappa shape index (κ1) is 10.6. The Morgan fingerprint density at radius 3 is 1.87 bits per heavy atom. The molecule has 0 heterocycles. The van der Waals surface area contributed by atoms with Crippen molar-refractivity contribution in [2.45, 2.75) is 19.3 Å². The highest BCUT2D eigenvalue weighted by molar-refractivity contribution is 4.95. The van der Waals surface area contributed by atoms with Crippen LogP contribution in [0.15, 0.2) is 25.7 Å². The molecule has 84 valence electrons. The molecule has 2 aliphatic rings. The van der Waals surface area contributed by atoms with Gasteiger partial charge in [0.1, 0.15) is 0 Å². The monoisotopic (exact) mass is 208 g/mol. The fraction of sp³-hybridized carbons (Fsp3) is 0.692. The fourth-order valence-electron chi connectivity index (χ4n) is 3.42. The van der Waals surface area contributed by atoms with Gasteiger partial charge in [-0.3, -0.25) is 0 Å². The maximum atomic E-state index is 5.33. The first-order chi connectivity index (χ1) is 7.35. The van der Waals surface area contributed by atoms with E-state index in [2.05, 4.69) is 13.2 Å². The van der Waals surface area contributed by atoms with Crippen molar-refractivity contribution in [1.82, 2.24) is 0 Å². The predicted octanol–water partition coefficient (Wildman–Crippen LogP) is 2.97. The van der Waals surface area contributed by atoms with E-state index < -0.39 is 0 Å². The molecule has 0 spiro atoms. The molecule has 0 aliphatic heterocycles. The molecule has 0 saturated heterocycles. The molecule has 0 N–H and O–H groups in total. The molecule has 2 aliphatic carbocycles. The lowest BCUT2D eigenvalue weighted by molar-refractivity contribution is 0.0883. The molecule has 0 aromatic rings. The number of fused-ring (bicyclic) bond motifs is 2. The van der Waals surface area contributed by atoms with E-state index in [1.54, 1.807) is 12.5 Å². The summed E-state index contributed by atoms with van der Waals surface area (Å²) >= 11 is 0. The van der Waals surface area contributed by atoms with Crippen LogP contribution in [0.2, 0.25) is 0 Å². The molecule has 2 fully saturated rings. The van der Waals surface area contributed by atoms with E-state index in [9.17, 15) is 0 Å². The Kier molecular flexibility index (Phi) is 3.34. The molecular weight excluding hydrogens is 188 g/mol. The van der Waals surface area contributed by atoms with Gasteiger partial charge in [0.05, 0.1) is 25.7 Å². The van der Waals surface area contributed by atoms with Crippen LogP contribution in [0.5, 0.6) is 0 Å². The molecule has 15 heavy (non-hydrogen) atoms. The average Bonchev–Trinajstić information content (AvgIpc) is 2.82. The van der Waals surface area contributed by atoms with Crippen LogP contribution in [-0.2, 0) is 9.47 Å². The maximum Gasteiger partial charge on any atom is 0.0904 e. The number of hydrogen-bond donors (Lipinski definition) is 0. The zero-order chi connectivity index (χ0) is 10.7. The van der Waals surface area contributed by atoms with Crippen molar-refractivity contribution in [3.05, 3.63) is 25.7 Å². The summed E-state index contributed by atoms with van der Waals surface area (Å²) in [4.78, 5) is 0. The molecular formula is C13H20O2. The topological polar surface area (TPSA) is 18.5 Å². The van der Waals surface area contributed by atoms with Crippen molar-refractivity contribution >= 4 is 0 Å². The minimum atomic E-state index is 0.722. The molecule has 0 amide bonds. The van der Waals surface area contributed by atoms with Crippen LogP contribution in [0.4, 0.5) is 0 Å². The van der Waals surface area contributed by atoms with Gasteiger partial charge >= 0.3 is 0 Å². The van der Waals surface area contributed by atoms with E-state index in [1.807, 2.05) is 0 Å². The van der Waals surface area contributed by atoms with Crippen molar-refractivity contribution in [2.75, 3.05) is 13.2 Å². The van der Waals surface area contributed by atoms with Gasteiger partial charge < -0.3 is 9.47 Å². The molecule has 0 radical (unpaired) electrons. The summed E-state index contributed by atoms with van der Waals surface area (Å²) in [6, 6.07) is 0. The van der Waals surface area contributed by atoms with Gasteiger partial charge in [-0.25, -0.2) is 0 Å². The summed E-state index contributed by atoms with van der Waals surface area (Å²) in [5, 5.41) is 0. The van der Waals surface area contributed by atoms with Crippen LogP contribution in [0.1, 0.15) is 19.3 Å². The van der Waals surface area contributed by atoms with Crippen molar-refractivity contribution in [2.24, 2.45) is 23.7 Å². The van der Waals surface area contributed by atoms with Gasteiger partial charge in [-0.1, -0.05) is 13.2 Å². The molecule has 2 atom stereocenters. The summed E-state index contributed by atoms with van der Waals surface area (Å²) < 4.78 is 10.7. The van der Waals surface area contributed by atoms with Gasteiger partial charge in [0, 0.05) is 0 Å². The minimum Gasteiger partial charge on any atom is -0.502 e. The average molecular weight is 208 g/mol. The molecule has 2 saturated carbocycles. The molecule has 2 unspecified atom stereocenters. The Balaban J connectivity index is 1.84. The van der Waals surface area contributed by atoms with E-state index >= 15 is 0 Å². The SMILES string of the molecule is C=COCC1CC2CC(COC=C)C1C2. The summed E-state index contributed by atoms with van der Waals surface area (Å²) in [5.74, 6) is 3.15. The molecule has 0 aromatic heterocycles. The van der Waals surface area contributed by atoms with Crippen LogP contribution in [0, 0.1) is 23.7 Å². The number of ether oxygens (including phenoxy) is 2. The molecule has 2 nitrogen and oxygen atoms in total. The summed E-state index contributed by atoms with van der Waals surface area (Å²) in [6.07, 6.45) is 7.16. The summed E-state index contributed by atoms with van der Waals surface area (Å²) in [7, 11) is 0. The smallest absolute Gasteiger partial charge is 0.0904 e. The van der Waals surface area contributed by atoms with Crippen molar-refractivity contribution in [3.8, 4) is 0 Å². The fourth-order valence-corrected chi connectivity index (χ4v) is 3.42. The minimum absolute atomic E-state index is 0.722. The first-order valence-electron chi connectivity index (χ1n) is 5.80. The zero-order valence-corrected chi connectivity index (χ0v) is 9.23. The van der Waals surface area contributed by atoms with Gasteiger partial charge in [-0.15, -0.1) is 0 Å². The lowest BCUT2D eigenvalue weighted by atomic mass is 9.81. The van der Waals surface area contributed by atoms with Crippen molar-refractivity contribution in [1.29, 1.82) is 0 Å². The zero-order valence-electron chi connectivity index (χ0n) is 9.23. The Morgan fingerprint density at radius 1 is 0.933 bits per heavy atom. The van der Waals surface area contributed by atoms with E-state index in [0.717, 1.165) is 36.9 Å². The van der Waals surface area contributed by atoms with E-state index in [0.29, 0.717) is 0 Å². The number of hydrogen-bond acceptors (Lipinski definition) is 2. The van der Waals surface area contributed by atoms with Crippen LogP contribution in [0.25, 0.3) is 0 Å².